The van der Waals surface area contributed by atoms with Gasteiger partial charge in [0.25, 0.3) is 15.4 Å². The number of amides is 1. The Morgan fingerprint density at radius 1 is 1.33 bits per heavy atom. The Kier molecular flexibility index (Phi) is 3.53. The van der Waals surface area contributed by atoms with E-state index in [2.05, 4.69) is 5.32 Å². The lowest BCUT2D eigenvalue weighted by Gasteiger charge is -2.02. The summed E-state index contributed by atoms with van der Waals surface area (Å²) in [5.41, 5.74) is 0.279. The summed E-state index contributed by atoms with van der Waals surface area (Å²) in [6.45, 7) is 0. The summed E-state index contributed by atoms with van der Waals surface area (Å²) in [6.07, 6.45) is 1.45. The molecule has 1 aliphatic heterocycles. The minimum Gasteiger partial charge on any atom is -0.307 e. The lowest BCUT2D eigenvalue weighted by Crippen LogP contribution is -2.15. The van der Waals surface area contributed by atoms with Crippen molar-refractivity contribution in [1.29, 1.82) is 0 Å². The van der Waals surface area contributed by atoms with Crippen molar-refractivity contribution >= 4 is 50.4 Å². The Bertz CT molecular complexity index is 663. The molecule has 1 aliphatic rings. The standard InChI is InChI=1S/C10H7NO4S3/c12-10-11-9(16)7(17-10)5-6-3-1-2-4-8(6)18(13,14)15/h1-5H,(H,11,12,16)(H,13,14,15)/b7-5-. The van der Waals surface area contributed by atoms with Crippen molar-refractivity contribution < 1.29 is 17.8 Å². The molecule has 1 heterocycles. The van der Waals surface area contributed by atoms with Crippen LogP contribution in [-0.2, 0) is 10.1 Å². The summed E-state index contributed by atoms with van der Waals surface area (Å²) in [6, 6.07) is 5.91. The number of carbonyl (C=O) groups is 1. The van der Waals surface area contributed by atoms with Crippen LogP contribution in [0.5, 0.6) is 0 Å². The first-order valence-electron chi connectivity index (χ1n) is 4.69. The normalized spacial score (nSPS) is 18.2. The first kappa shape index (κ1) is 13.2. The summed E-state index contributed by atoms with van der Waals surface area (Å²) < 4.78 is 31.4. The Morgan fingerprint density at radius 2 is 2.00 bits per heavy atom. The number of carbonyl (C=O) groups excluding carboxylic acids is 1. The van der Waals surface area contributed by atoms with E-state index in [1.165, 1.54) is 24.3 Å². The van der Waals surface area contributed by atoms with Gasteiger partial charge in [-0.2, -0.15) is 8.42 Å². The Morgan fingerprint density at radius 3 is 2.56 bits per heavy atom. The second-order valence-electron chi connectivity index (χ2n) is 3.37. The van der Waals surface area contributed by atoms with Gasteiger partial charge in [-0.25, -0.2) is 0 Å². The van der Waals surface area contributed by atoms with Gasteiger partial charge in [0, 0.05) is 0 Å². The van der Waals surface area contributed by atoms with Crippen LogP contribution in [0.1, 0.15) is 5.56 Å². The zero-order chi connectivity index (χ0) is 13.3. The molecular formula is C10H7NO4S3. The van der Waals surface area contributed by atoms with E-state index >= 15 is 0 Å². The fraction of sp³-hybridized carbons (Fsp3) is 0. The molecule has 8 heteroatoms. The fourth-order valence-electron chi connectivity index (χ4n) is 1.40. The average molecular weight is 301 g/mol. The summed E-state index contributed by atoms with van der Waals surface area (Å²) in [4.78, 5) is 11.6. The van der Waals surface area contributed by atoms with Crippen molar-refractivity contribution in [2.24, 2.45) is 0 Å². The van der Waals surface area contributed by atoms with Crippen molar-refractivity contribution in [3.05, 3.63) is 34.7 Å². The molecule has 94 valence electrons. The van der Waals surface area contributed by atoms with E-state index in [1.807, 2.05) is 0 Å². The highest BCUT2D eigenvalue weighted by Crippen LogP contribution is 2.28. The molecule has 0 unspecified atom stereocenters. The van der Waals surface area contributed by atoms with Gasteiger partial charge in [-0.3, -0.25) is 9.35 Å². The highest BCUT2D eigenvalue weighted by atomic mass is 32.2. The molecule has 0 radical (unpaired) electrons. The van der Waals surface area contributed by atoms with Crippen LogP contribution in [0.2, 0.25) is 0 Å². The summed E-state index contributed by atoms with van der Waals surface area (Å²) in [7, 11) is -4.31. The number of benzene rings is 1. The highest BCUT2D eigenvalue weighted by molar-refractivity contribution is 8.19. The quantitative estimate of drug-likeness (QED) is 0.494. The molecule has 0 aliphatic carbocycles. The minimum absolute atomic E-state index is 0.222. The molecule has 0 atom stereocenters. The number of nitrogens with one attached hydrogen (secondary N) is 1. The van der Waals surface area contributed by atoms with Crippen LogP contribution < -0.4 is 5.32 Å². The minimum atomic E-state index is -4.31. The summed E-state index contributed by atoms with van der Waals surface area (Å²) in [5.74, 6) is 0. The molecule has 1 amide bonds. The van der Waals surface area contributed by atoms with Gasteiger partial charge in [0.2, 0.25) is 0 Å². The molecular weight excluding hydrogens is 294 g/mol. The molecule has 1 fully saturated rings. The van der Waals surface area contributed by atoms with Crippen LogP contribution in [0.3, 0.4) is 0 Å². The van der Waals surface area contributed by atoms with Crippen molar-refractivity contribution in [3.8, 4) is 0 Å². The second-order valence-corrected chi connectivity index (χ2v) is 6.18. The predicted molar refractivity (Wildman–Crippen MR) is 73.0 cm³/mol. The third kappa shape index (κ3) is 2.78. The highest BCUT2D eigenvalue weighted by Gasteiger charge is 2.22. The molecule has 2 rings (SSSR count). The zero-order valence-corrected chi connectivity index (χ0v) is 11.2. The van der Waals surface area contributed by atoms with E-state index in [0.29, 0.717) is 4.91 Å². The lowest BCUT2D eigenvalue weighted by atomic mass is 10.2. The van der Waals surface area contributed by atoms with Crippen molar-refractivity contribution in [2.45, 2.75) is 4.90 Å². The summed E-state index contributed by atoms with van der Waals surface area (Å²) in [5, 5.41) is 2.11. The number of thioether (sulfide) groups is 1. The van der Waals surface area contributed by atoms with E-state index in [9.17, 15) is 13.2 Å². The van der Waals surface area contributed by atoms with Gasteiger partial charge >= 0.3 is 0 Å². The number of hydrogen-bond donors (Lipinski definition) is 2. The number of rotatable bonds is 2. The first-order chi connectivity index (χ1) is 8.38. The van der Waals surface area contributed by atoms with E-state index in [1.54, 1.807) is 6.07 Å². The van der Waals surface area contributed by atoms with E-state index in [4.69, 9.17) is 16.8 Å². The molecule has 18 heavy (non-hydrogen) atoms. The smallest absolute Gasteiger partial charge is 0.295 e. The van der Waals surface area contributed by atoms with Gasteiger partial charge in [0.1, 0.15) is 9.88 Å². The van der Waals surface area contributed by atoms with Crippen LogP contribution in [0.25, 0.3) is 6.08 Å². The van der Waals surface area contributed by atoms with Crippen LogP contribution in [-0.4, -0.2) is 23.2 Å². The molecule has 1 aromatic rings. The van der Waals surface area contributed by atoms with E-state index in [-0.39, 0.29) is 20.7 Å². The molecule has 1 aromatic carbocycles. The average Bonchev–Trinajstić information content (AvgIpc) is 2.57. The molecule has 0 bridgehead atoms. The number of thiocarbonyl (C=S) groups is 1. The molecule has 0 saturated carbocycles. The van der Waals surface area contributed by atoms with Gasteiger partial charge in [-0.1, -0.05) is 30.4 Å². The topological polar surface area (TPSA) is 83.5 Å². The van der Waals surface area contributed by atoms with Gasteiger partial charge in [0.15, 0.2) is 0 Å². The van der Waals surface area contributed by atoms with Crippen molar-refractivity contribution in [1.82, 2.24) is 5.32 Å². The van der Waals surface area contributed by atoms with Gasteiger partial charge in [0.05, 0.1) is 4.91 Å². The zero-order valence-electron chi connectivity index (χ0n) is 8.78. The number of hydrogen-bond acceptors (Lipinski definition) is 5. The molecule has 1 saturated heterocycles. The van der Waals surface area contributed by atoms with Gasteiger partial charge in [-0.15, -0.1) is 0 Å². The third-order valence-corrected chi connectivity index (χ3v) is 4.33. The monoisotopic (exact) mass is 301 g/mol. The Balaban J connectivity index is 2.51. The maximum absolute atomic E-state index is 11.2. The lowest BCUT2D eigenvalue weighted by molar-refractivity contribution is 0.265. The van der Waals surface area contributed by atoms with Crippen LogP contribution in [0.4, 0.5) is 4.79 Å². The van der Waals surface area contributed by atoms with Crippen LogP contribution in [0, 0.1) is 0 Å². The van der Waals surface area contributed by atoms with Gasteiger partial charge < -0.3 is 5.32 Å². The van der Waals surface area contributed by atoms with Crippen LogP contribution in [0.15, 0.2) is 34.1 Å². The molecule has 0 spiro atoms. The van der Waals surface area contributed by atoms with E-state index in [0.717, 1.165) is 11.8 Å². The maximum Gasteiger partial charge on any atom is 0.295 e. The Hall–Kier alpha value is -1.22. The SMILES string of the molecule is O=C1NC(=S)/C(=C/c2ccccc2S(=O)(=O)O)S1. The predicted octanol–water partition coefficient (Wildman–Crippen LogP) is 2.06. The van der Waals surface area contributed by atoms with Crippen LogP contribution >= 0.6 is 24.0 Å². The largest absolute Gasteiger partial charge is 0.307 e. The second kappa shape index (κ2) is 4.81. The first-order valence-corrected chi connectivity index (χ1v) is 7.36. The molecule has 5 nitrogen and oxygen atoms in total. The molecule has 0 aromatic heterocycles. The summed E-state index contributed by atoms with van der Waals surface area (Å²) >= 11 is 5.80. The van der Waals surface area contributed by atoms with E-state index < -0.39 is 10.1 Å². The molecule has 2 N–H and O–H groups in total. The van der Waals surface area contributed by atoms with Crippen molar-refractivity contribution in [2.75, 3.05) is 0 Å². The fourth-order valence-corrected chi connectivity index (χ4v) is 3.10. The van der Waals surface area contributed by atoms with Crippen molar-refractivity contribution in [3.63, 3.8) is 0 Å². The Labute approximate surface area is 113 Å². The third-order valence-electron chi connectivity index (χ3n) is 2.13. The van der Waals surface area contributed by atoms with Gasteiger partial charge in [-0.05, 0) is 29.5 Å². The maximum atomic E-state index is 11.2.